The average Bonchev–Trinajstić information content (AvgIpc) is 2.15. The molecule has 1 aromatic rings. The molecule has 0 fully saturated rings. The number of hydrogen-bond donors (Lipinski definition) is 1. The first-order valence-corrected chi connectivity index (χ1v) is 4.80. The van der Waals surface area contributed by atoms with Gasteiger partial charge in [0.2, 0.25) is 0 Å². The van der Waals surface area contributed by atoms with Crippen molar-refractivity contribution in [2.45, 2.75) is 32.3 Å². The molecule has 0 spiro atoms. The molecule has 1 heteroatoms. The zero-order valence-electron chi connectivity index (χ0n) is 8.75. The third-order valence-corrected chi connectivity index (χ3v) is 2.48. The van der Waals surface area contributed by atoms with Crippen LogP contribution in [0.4, 0.5) is 0 Å². The molecule has 0 aliphatic heterocycles. The second-order valence-electron chi connectivity index (χ2n) is 3.79. The molecule has 1 unspecified atom stereocenters. The lowest BCUT2D eigenvalue weighted by molar-refractivity contribution is 0.0487. The summed E-state index contributed by atoms with van der Waals surface area (Å²) < 4.78 is 0. The summed E-state index contributed by atoms with van der Waals surface area (Å²) in [5.41, 5.74) is 1.27. The molecular formula is C13H16O. The molecule has 1 N–H and O–H groups in total. The van der Waals surface area contributed by atoms with Crippen LogP contribution in [0.2, 0.25) is 0 Å². The van der Waals surface area contributed by atoms with Crippen LogP contribution >= 0.6 is 0 Å². The minimum Gasteiger partial charge on any atom is -0.385 e. The molecule has 0 bridgehead atoms. The van der Waals surface area contributed by atoms with Gasteiger partial charge in [-0.1, -0.05) is 24.3 Å². The molecule has 0 saturated carbocycles. The van der Waals surface area contributed by atoms with Gasteiger partial charge < -0.3 is 5.11 Å². The molecule has 1 nitrogen and oxygen atoms in total. The van der Waals surface area contributed by atoms with E-state index in [1.807, 2.05) is 38.1 Å². The van der Waals surface area contributed by atoms with Crippen LogP contribution in [0.1, 0.15) is 30.9 Å². The normalized spacial score (nSPS) is 14.4. The Morgan fingerprint density at radius 2 is 2.07 bits per heavy atom. The van der Waals surface area contributed by atoms with E-state index in [2.05, 4.69) is 5.92 Å². The first-order chi connectivity index (χ1) is 6.58. The van der Waals surface area contributed by atoms with Crippen LogP contribution in [-0.2, 0) is 5.60 Å². The van der Waals surface area contributed by atoms with Gasteiger partial charge in [-0.05, 0) is 31.4 Å². The predicted octanol–water partition coefficient (Wildman–Crippen LogP) is 2.62. The van der Waals surface area contributed by atoms with Crippen molar-refractivity contribution < 1.29 is 5.11 Å². The van der Waals surface area contributed by atoms with E-state index in [9.17, 15) is 5.11 Å². The highest BCUT2D eigenvalue weighted by Crippen LogP contribution is 2.27. The van der Waals surface area contributed by atoms with Gasteiger partial charge in [0, 0.05) is 6.42 Å². The lowest BCUT2D eigenvalue weighted by Gasteiger charge is -2.24. The van der Waals surface area contributed by atoms with Gasteiger partial charge in [0.15, 0.2) is 0 Å². The van der Waals surface area contributed by atoms with E-state index in [1.165, 1.54) is 0 Å². The van der Waals surface area contributed by atoms with E-state index in [0.717, 1.165) is 11.1 Å². The molecule has 1 rings (SSSR count). The van der Waals surface area contributed by atoms with Gasteiger partial charge in [-0.25, -0.2) is 0 Å². The third-order valence-electron chi connectivity index (χ3n) is 2.48. The maximum Gasteiger partial charge on any atom is 0.0880 e. The second kappa shape index (κ2) is 4.30. The summed E-state index contributed by atoms with van der Waals surface area (Å²) >= 11 is 0. The second-order valence-corrected chi connectivity index (χ2v) is 3.79. The fourth-order valence-electron chi connectivity index (χ4n) is 1.63. The molecule has 1 aromatic carbocycles. The molecule has 0 aromatic heterocycles. The number of aliphatic hydroxyl groups is 1. The van der Waals surface area contributed by atoms with Crippen LogP contribution in [0.25, 0.3) is 0 Å². The van der Waals surface area contributed by atoms with Gasteiger partial charge >= 0.3 is 0 Å². The van der Waals surface area contributed by atoms with Crippen LogP contribution in [0.15, 0.2) is 24.3 Å². The first kappa shape index (κ1) is 10.8. The Labute approximate surface area is 85.8 Å². The van der Waals surface area contributed by atoms with Gasteiger partial charge in [-0.3, -0.25) is 0 Å². The Hall–Kier alpha value is -1.26. The van der Waals surface area contributed by atoms with Gasteiger partial charge in [-0.2, -0.15) is 0 Å². The Morgan fingerprint density at radius 1 is 1.43 bits per heavy atom. The molecule has 0 radical (unpaired) electrons. The monoisotopic (exact) mass is 188 g/mol. The lowest BCUT2D eigenvalue weighted by Crippen LogP contribution is -2.21. The van der Waals surface area contributed by atoms with E-state index < -0.39 is 5.60 Å². The zero-order chi connectivity index (χ0) is 10.6. The highest BCUT2D eigenvalue weighted by molar-refractivity contribution is 5.30. The molecule has 0 heterocycles. The van der Waals surface area contributed by atoms with Crippen LogP contribution in [0.3, 0.4) is 0 Å². The number of benzene rings is 1. The maximum absolute atomic E-state index is 10.2. The van der Waals surface area contributed by atoms with Gasteiger partial charge in [-0.15, -0.1) is 12.3 Å². The van der Waals surface area contributed by atoms with Crippen LogP contribution in [0, 0.1) is 19.3 Å². The average molecular weight is 188 g/mol. The first-order valence-electron chi connectivity index (χ1n) is 4.80. The summed E-state index contributed by atoms with van der Waals surface area (Å²) in [7, 11) is 0. The summed E-state index contributed by atoms with van der Waals surface area (Å²) in [6, 6.07) is 7.86. The van der Waals surface area contributed by atoms with E-state index >= 15 is 0 Å². The quantitative estimate of drug-likeness (QED) is 0.723. The Bertz CT molecular complexity index is 344. The SMILES string of the molecule is C#CCCC(C)(O)c1ccccc1C. The Balaban J connectivity index is 2.92. The molecule has 0 aliphatic rings. The highest BCUT2D eigenvalue weighted by Gasteiger charge is 2.23. The minimum absolute atomic E-state index is 0.599. The summed E-state index contributed by atoms with van der Waals surface area (Å²) in [5, 5.41) is 10.2. The van der Waals surface area contributed by atoms with Crippen molar-refractivity contribution >= 4 is 0 Å². The van der Waals surface area contributed by atoms with E-state index in [4.69, 9.17) is 6.42 Å². The number of hydrogen-bond acceptors (Lipinski definition) is 1. The van der Waals surface area contributed by atoms with Gasteiger partial charge in [0.05, 0.1) is 5.60 Å². The van der Waals surface area contributed by atoms with E-state index in [-0.39, 0.29) is 0 Å². The van der Waals surface area contributed by atoms with Gasteiger partial charge in [0.1, 0.15) is 0 Å². The van der Waals surface area contributed by atoms with Crippen molar-refractivity contribution in [2.75, 3.05) is 0 Å². The predicted molar refractivity (Wildman–Crippen MR) is 58.8 cm³/mol. The third kappa shape index (κ3) is 2.37. The maximum atomic E-state index is 10.2. The van der Waals surface area contributed by atoms with Crippen LogP contribution in [-0.4, -0.2) is 5.11 Å². The molecule has 1 atom stereocenters. The summed E-state index contributed by atoms with van der Waals surface area (Å²) in [4.78, 5) is 0. The van der Waals surface area contributed by atoms with Crippen LogP contribution in [0.5, 0.6) is 0 Å². The Kier molecular flexibility index (Phi) is 3.33. The smallest absolute Gasteiger partial charge is 0.0880 e. The molecule has 74 valence electrons. The summed E-state index contributed by atoms with van der Waals surface area (Å²) in [6.07, 6.45) is 6.39. The van der Waals surface area contributed by atoms with Crippen molar-refractivity contribution in [1.82, 2.24) is 0 Å². The zero-order valence-corrected chi connectivity index (χ0v) is 8.75. The summed E-state index contributed by atoms with van der Waals surface area (Å²) in [5.74, 6) is 2.55. The topological polar surface area (TPSA) is 20.2 Å². The number of aryl methyl sites for hydroxylation is 1. The molecule has 0 amide bonds. The fourth-order valence-corrected chi connectivity index (χ4v) is 1.63. The summed E-state index contributed by atoms with van der Waals surface area (Å²) in [6.45, 7) is 3.81. The number of rotatable bonds is 3. The highest BCUT2D eigenvalue weighted by atomic mass is 16.3. The Morgan fingerprint density at radius 3 is 2.64 bits per heavy atom. The number of terminal acetylenes is 1. The largest absolute Gasteiger partial charge is 0.385 e. The van der Waals surface area contributed by atoms with Crippen molar-refractivity contribution in [3.05, 3.63) is 35.4 Å². The van der Waals surface area contributed by atoms with E-state index in [0.29, 0.717) is 12.8 Å². The molecular weight excluding hydrogens is 172 g/mol. The van der Waals surface area contributed by atoms with Crippen molar-refractivity contribution in [1.29, 1.82) is 0 Å². The minimum atomic E-state index is -0.808. The molecule has 14 heavy (non-hydrogen) atoms. The van der Waals surface area contributed by atoms with E-state index in [1.54, 1.807) is 0 Å². The van der Waals surface area contributed by atoms with Crippen molar-refractivity contribution in [3.8, 4) is 12.3 Å². The van der Waals surface area contributed by atoms with Crippen molar-refractivity contribution in [3.63, 3.8) is 0 Å². The van der Waals surface area contributed by atoms with Crippen LogP contribution < -0.4 is 0 Å². The fraction of sp³-hybridized carbons (Fsp3) is 0.385. The van der Waals surface area contributed by atoms with Gasteiger partial charge in [0.25, 0.3) is 0 Å². The lowest BCUT2D eigenvalue weighted by atomic mass is 9.88. The standard InChI is InChI=1S/C13H16O/c1-4-5-10-13(3,14)12-9-7-6-8-11(12)2/h1,6-9,14H,5,10H2,2-3H3. The molecule has 0 aliphatic carbocycles. The van der Waals surface area contributed by atoms with Crippen molar-refractivity contribution in [2.24, 2.45) is 0 Å². The molecule has 0 saturated heterocycles.